The third kappa shape index (κ3) is 7.73. The van der Waals surface area contributed by atoms with Crippen LogP contribution in [0.25, 0.3) is 0 Å². The lowest BCUT2D eigenvalue weighted by Crippen LogP contribution is -2.69. The van der Waals surface area contributed by atoms with Gasteiger partial charge in [0, 0.05) is 78.0 Å². The Labute approximate surface area is 429 Å². The van der Waals surface area contributed by atoms with Crippen LogP contribution in [0, 0.1) is 80.8 Å². The number of aliphatic hydroxyl groups is 6. The van der Waals surface area contributed by atoms with Crippen molar-refractivity contribution in [3.05, 3.63) is 52.7 Å². The van der Waals surface area contributed by atoms with E-state index in [0.29, 0.717) is 48.0 Å². The van der Waals surface area contributed by atoms with Gasteiger partial charge in [-0.25, -0.2) is 4.98 Å². The molecular formula is C56H84N6O7S2. The van der Waals surface area contributed by atoms with Crippen molar-refractivity contribution in [2.24, 2.45) is 91.6 Å². The van der Waals surface area contributed by atoms with Crippen molar-refractivity contribution in [2.75, 3.05) is 38.2 Å². The lowest BCUT2D eigenvalue weighted by Gasteiger charge is -2.65. The smallest absolute Gasteiger partial charge is 0.190 e. The molecule has 10 aliphatic rings. The fraction of sp³-hybridized carbons (Fsp3) is 0.804. The highest BCUT2D eigenvalue weighted by Crippen LogP contribution is 2.74. The van der Waals surface area contributed by atoms with E-state index in [2.05, 4.69) is 47.2 Å². The van der Waals surface area contributed by atoms with Gasteiger partial charge in [-0.05, 0) is 155 Å². The summed E-state index contributed by atoms with van der Waals surface area (Å²) in [5.41, 5.74) is 9.80. The highest BCUT2D eigenvalue weighted by atomic mass is 33.1. The highest BCUT2D eigenvalue weighted by Gasteiger charge is 2.75. The van der Waals surface area contributed by atoms with Crippen LogP contribution in [0.2, 0.25) is 0 Å². The van der Waals surface area contributed by atoms with Crippen LogP contribution in [0.5, 0.6) is 0 Å². The van der Waals surface area contributed by atoms with Crippen LogP contribution in [0.15, 0.2) is 57.7 Å². The van der Waals surface area contributed by atoms with Gasteiger partial charge in [-0.1, -0.05) is 77.5 Å². The Hall–Kier alpha value is -2.21. The molecule has 1 aromatic rings. The number of allylic oxidation sites excluding steroid dienone is 3. The second kappa shape index (κ2) is 18.8. The monoisotopic (exact) mass is 1020 g/mol. The van der Waals surface area contributed by atoms with E-state index in [0.717, 1.165) is 44.3 Å². The van der Waals surface area contributed by atoms with E-state index in [1.807, 2.05) is 23.3 Å². The molecule has 1 spiro atoms. The molecule has 1 aromatic heterocycles. The van der Waals surface area contributed by atoms with Crippen molar-refractivity contribution in [1.29, 1.82) is 0 Å². The SMILES string of the molecule is CNC[C@@H]1[C@@H](O)[C@@H](O)C[C@]2(C)[C@@H]3C(=CC(=O)[C@H]12)[C@]1(O)[C@H]2CSSC[C@@H](n4ccnc4)CC(C)(C)C4=C5CCCC6(CCCC6)[C@@H]5C5=C6[C@@H](CCC5)C[C@H]([C@H](O)[C@H]64)[C@@H](C2)[C@@]1(CO)C[C@H]3CN=C(N)N[C@@H](C)O. The predicted molar refractivity (Wildman–Crippen MR) is 280 cm³/mol. The molecule has 0 radical (unpaired) electrons. The zero-order valence-corrected chi connectivity index (χ0v) is 44.6. The number of imidazole rings is 1. The number of carbonyl (C=O) groups is 1. The number of nitrogens with two attached hydrogens (primary N) is 1. The molecule has 18 atom stereocenters. The molecular weight excluding hydrogens is 933 g/mol. The summed E-state index contributed by atoms with van der Waals surface area (Å²) in [4.78, 5) is 24.6. The van der Waals surface area contributed by atoms with E-state index in [4.69, 9.17) is 10.7 Å². The Bertz CT molecular complexity index is 2330. The number of fused-ring (bicyclic) bond motifs is 14. The molecule has 9 aliphatic carbocycles. The van der Waals surface area contributed by atoms with Gasteiger partial charge in [-0.2, -0.15) is 0 Å². The maximum atomic E-state index is 15.2. The van der Waals surface area contributed by atoms with Crippen molar-refractivity contribution in [3.63, 3.8) is 0 Å². The summed E-state index contributed by atoms with van der Waals surface area (Å²) in [6, 6.07) is 0.138. The minimum Gasteiger partial charge on any atom is -0.396 e. The largest absolute Gasteiger partial charge is 0.396 e. The van der Waals surface area contributed by atoms with Crippen molar-refractivity contribution in [1.82, 2.24) is 20.2 Å². The van der Waals surface area contributed by atoms with E-state index in [9.17, 15) is 30.6 Å². The molecule has 13 nitrogen and oxygen atoms in total. The number of ketones is 1. The zero-order valence-electron chi connectivity index (χ0n) is 42.9. The predicted octanol–water partition coefficient (Wildman–Crippen LogP) is 6.32. The Morgan fingerprint density at radius 1 is 0.986 bits per heavy atom. The summed E-state index contributed by atoms with van der Waals surface area (Å²) in [7, 11) is 5.42. The van der Waals surface area contributed by atoms with Crippen molar-refractivity contribution in [2.45, 2.75) is 160 Å². The number of aliphatic imine (C=N–C) groups is 1. The second-order valence-electron chi connectivity index (χ2n) is 25.6. The molecule has 4 bridgehead atoms. The first-order chi connectivity index (χ1) is 33.9. The number of nitrogens with one attached hydrogen (secondary N) is 2. The molecule has 11 rings (SSSR count). The molecule has 0 unspecified atom stereocenters. The number of hydrogen-bond acceptors (Lipinski definition) is 12. The van der Waals surface area contributed by atoms with Crippen LogP contribution in [-0.2, 0) is 4.79 Å². The number of hydrogen-bond donors (Lipinski definition) is 9. The van der Waals surface area contributed by atoms with Crippen LogP contribution in [0.3, 0.4) is 0 Å². The van der Waals surface area contributed by atoms with E-state index in [-0.39, 0.29) is 72.4 Å². The van der Waals surface area contributed by atoms with Crippen LogP contribution >= 0.6 is 21.6 Å². The second-order valence-corrected chi connectivity index (χ2v) is 28.2. The Kier molecular flexibility index (Phi) is 13.5. The van der Waals surface area contributed by atoms with Gasteiger partial charge >= 0.3 is 0 Å². The van der Waals surface area contributed by atoms with E-state index >= 15 is 4.79 Å². The van der Waals surface area contributed by atoms with Crippen molar-refractivity contribution < 1.29 is 35.4 Å². The van der Waals surface area contributed by atoms with Gasteiger partial charge in [0.1, 0.15) is 6.23 Å². The summed E-state index contributed by atoms with van der Waals surface area (Å²) in [6.45, 7) is 8.79. The Balaban J connectivity index is 1.10. The third-order valence-electron chi connectivity index (χ3n) is 21.7. The summed E-state index contributed by atoms with van der Waals surface area (Å²) < 4.78 is 2.29. The molecule has 2 heterocycles. The Morgan fingerprint density at radius 3 is 2.45 bits per heavy atom. The lowest BCUT2D eigenvalue weighted by molar-refractivity contribution is -0.194. The standard InChI is InChI=1S/C56H84N6O7S2/c1-30(64)61-51(57)60-24-32-21-55(28-63)39-19-33(56(55,69)40-20-41(65)47-38(25-58-5)49(67)42(66)23-53(47,4)45(32)40)26-70-71-27-34(62-17-16-59-29-62)22-52(2,3)48-36-12-9-15-54(13-6-7-14-54)46(36)35-11-8-10-31-18-37(39)50(68)44(48)43(31)35/h16-17,20,29-34,37-39,42,44-47,49-50,58,63-64,66-69H,6-15,18-19,21-28H2,1-5H3,(H3,57,60,61)/t30-,31+,32+,33-,34+,37+,38+,39-,42+,44-,45+,46-,47+,49-,50+,53-,55+,56-/m1/s1. The van der Waals surface area contributed by atoms with Gasteiger partial charge in [0.2, 0.25) is 0 Å². The molecule has 1 saturated heterocycles. The highest BCUT2D eigenvalue weighted by molar-refractivity contribution is 8.76. The summed E-state index contributed by atoms with van der Waals surface area (Å²) >= 11 is 0. The van der Waals surface area contributed by atoms with Crippen LogP contribution in [0.4, 0.5) is 0 Å². The summed E-state index contributed by atoms with van der Waals surface area (Å²) in [6.07, 6.45) is 18.7. The average Bonchev–Trinajstić information content (AvgIpc) is 4.09. The number of rotatable bonds is 7. The maximum absolute atomic E-state index is 15.2. The number of nitrogens with zero attached hydrogens (tertiary/aromatic N) is 3. The van der Waals surface area contributed by atoms with E-state index < -0.39 is 58.7 Å². The fourth-order valence-electron chi connectivity index (χ4n) is 19.6. The third-order valence-corrected chi connectivity index (χ3v) is 24.2. The number of aromatic nitrogens is 2. The molecule has 15 heteroatoms. The van der Waals surface area contributed by atoms with Gasteiger partial charge in [-0.3, -0.25) is 9.79 Å². The molecule has 392 valence electrons. The molecule has 0 amide bonds. The molecule has 6 saturated carbocycles. The normalized spacial score (nSPS) is 45.3. The van der Waals surface area contributed by atoms with Crippen molar-refractivity contribution >= 4 is 33.3 Å². The van der Waals surface area contributed by atoms with Crippen LogP contribution < -0.4 is 16.4 Å². The first-order valence-electron chi connectivity index (χ1n) is 27.6. The molecule has 1 aliphatic heterocycles. The summed E-state index contributed by atoms with van der Waals surface area (Å²) in [5.74, 6) is -0.960. The van der Waals surface area contributed by atoms with Gasteiger partial charge in [-0.15, -0.1) is 0 Å². The number of carbonyl (C=O) groups excluding carboxylic acids is 1. The van der Waals surface area contributed by atoms with Gasteiger partial charge in [0.05, 0.1) is 36.8 Å². The topological polar surface area (TPSA) is 219 Å². The number of aliphatic hydroxyl groups excluding tert-OH is 5. The van der Waals surface area contributed by atoms with Gasteiger partial charge < -0.3 is 51.6 Å². The minimum absolute atomic E-state index is 0.0787. The van der Waals surface area contributed by atoms with Crippen molar-refractivity contribution in [3.8, 4) is 0 Å². The molecule has 0 aromatic carbocycles. The van der Waals surface area contributed by atoms with Crippen LogP contribution in [0.1, 0.15) is 130 Å². The maximum Gasteiger partial charge on any atom is 0.190 e. The summed E-state index contributed by atoms with van der Waals surface area (Å²) in [5, 5.41) is 80.8. The zero-order chi connectivity index (χ0) is 50.0. The molecule has 71 heavy (non-hydrogen) atoms. The quantitative estimate of drug-likeness (QED) is 0.0481. The fourth-order valence-corrected chi connectivity index (χ4v) is 22.3. The van der Waals surface area contributed by atoms with E-state index in [1.165, 1.54) is 44.1 Å². The Morgan fingerprint density at radius 2 is 1.73 bits per heavy atom. The number of guanidine groups is 1. The van der Waals surface area contributed by atoms with E-state index in [1.54, 1.807) is 47.6 Å². The van der Waals surface area contributed by atoms with Gasteiger partial charge in [0.15, 0.2) is 11.7 Å². The minimum atomic E-state index is -1.63. The first kappa shape index (κ1) is 50.9. The van der Waals surface area contributed by atoms with Crippen LogP contribution in [-0.4, -0.2) is 120 Å². The van der Waals surface area contributed by atoms with Gasteiger partial charge in [0.25, 0.3) is 0 Å². The average molecular weight is 1020 g/mol. The first-order valence-corrected chi connectivity index (χ1v) is 30.1. The molecule has 7 fully saturated rings. The molecule has 10 N–H and O–H groups in total. The lowest BCUT2D eigenvalue weighted by atomic mass is 9.40.